The standard InChI is InChI=1S/C12H16N2O2S/c15-17(16,14-12-6-8-13-10-12)9-7-11-4-2-1-3-5-11/h1-5,7,9,12-14H,6,8,10H2. The fourth-order valence-corrected chi connectivity index (χ4v) is 2.84. The highest BCUT2D eigenvalue weighted by Gasteiger charge is 2.18. The predicted octanol–water partition coefficient (Wildman–Crippen LogP) is 0.939. The molecule has 1 aliphatic rings. The molecule has 1 aromatic rings. The summed E-state index contributed by atoms with van der Waals surface area (Å²) in [6.07, 6.45) is 2.45. The molecule has 1 heterocycles. The number of hydrogen-bond donors (Lipinski definition) is 2. The van der Waals surface area contributed by atoms with Crippen molar-refractivity contribution in [1.82, 2.24) is 10.0 Å². The van der Waals surface area contributed by atoms with Gasteiger partial charge in [-0.3, -0.25) is 0 Å². The largest absolute Gasteiger partial charge is 0.315 e. The molecule has 1 saturated heterocycles. The summed E-state index contributed by atoms with van der Waals surface area (Å²) in [5.41, 5.74) is 0.877. The first kappa shape index (κ1) is 12.3. The van der Waals surface area contributed by atoms with Crippen LogP contribution in [-0.4, -0.2) is 27.5 Å². The number of hydrogen-bond acceptors (Lipinski definition) is 3. The molecule has 0 bridgehead atoms. The second kappa shape index (κ2) is 5.44. The Balaban J connectivity index is 1.99. The lowest BCUT2D eigenvalue weighted by Crippen LogP contribution is -2.34. The number of rotatable bonds is 4. The van der Waals surface area contributed by atoms with Gasteiger partial charge in [0.05, 0.1) is 0 Å². The summed E-state index contributed by atoms with van der Waals surface area (Å²) in [5.74, 6) is 0. The molecule has 0 radical (unpaired) electrons. The van der Waals surface area contributed by atoms with E-state index in [4.69, 9.17) is 0 Å². The Bertz CT molecular complexity index is 476. The first-order chi connectivity index (χ1) is 8.16. The van der Waals surface area contributed by atoms with Crippen LogP contribution < -0.4 is 10.0 Å². The molecule has 1 atom stereocenters. The van der Waals surface area contributed by atoms with Crippen molar-refractivity contribution in [2.75, 3.05) is 13.1 Å². The van der Waals surface area contributed by atoms with Crippen molar-refractivity contribution in [2.45, 2.75) is 12.5 Å². The van der Waals surface area contributed by atoms with E-state index in [1.807, 2.05) is 30.3 Å². The van der Waals surface area contributed by atoms with Crippen LogP contribution in [0.1, 0.15) is 12.0 Å². The first-order valence-electron chi connectivity index (χ1n) is 5.62. The molecule has 5 heteroatoms. The van der Waals surface area contributed by atoms with Crippen LogP contribution in [0.4, 0.5) is 0 Å². The number of sulfonamides is 1. The Morgan fingerprint density at radius 2 is 2.06 bits per heavy atom. The summed E-state index contributed by atoms with van der Waals surface area (Å²) in [6.45, 7) is 1.58. The molecule has 0 saturated carbocycles. The summed E-state index contributed by atoms with van der Waals surface area (Å²) in [4.78, 5) is 0. The maximum Gasteiger partial charge on any atom is 0.234 e. The van der Waals surface area contributed by atoms with E-state index < -0.39 is 10.0 Å². The lowest BCUT2D eigenvalue weighted by molar-refractivity contribution is 0.569. The van der Waals surface area contributed by atoms with Gasteiger partial charge in [-0.05, 0) is 24.6 Å². The summed E-state index contributed by atoms with van der Waals surface area (Å²) < 4.78 is 26.1. The molecule has 2 rings (SSSR count). The van der Waals surface area contributed by atoms with Crippen molar-refractivity contribution in [1.29, 1.82) is 0 Å². The quantitative estimate of drug-likeness (QED) is 0.838. The van der Waals surface area contributed by atoms with Crippen LogP contribution in [-0.2, 0) is 10.0 Å². The Morgan fingerprint density at radius 1 is 1.29 bits per heavy atom. The zero-order chi connectivity index (χ0) is 12.1. The van der Waals surface area contributed by atoms with E-state index in [9.17, 15) is 8.42 Å². The lowest BCUT2D eigenvalue weighted by Gasteiger charge is -2.08. The smallest absolute Gasteiger partial charge is 0.234 e. The predicted molar refractivity (Wildman–Crippen MR) is 68.8 cm³/mol. The summed E-state index contributed by atoms with van der Waals surface area (Å²) >= 11 is 0. The summed E-state index contributed by atoms with van der Waals surface area (Å²) in [5, 5.41) is 4.34. The second-order valence-electron chi connectivity index (χ2n) is 4.07. The molecule has 0 amide bonds. The second-order valence-corrected chi connectivity index (χ2v) is 5.66. The van der Waals surface area contributed by atoms with Gasteiger partial charge in [-0.15, -0.1) is 0 Å². The average Bonchev–Trinajstić information content (AvgIpc) is 2.80. The topological polar surface area (TPSA) is 58.2 Å². The van der Waals surface area contributed by atoms with Gasteiger partial charge < -0.3 is 5.32 Å². The molecule has 92 valence electrons. The molecule has 0 aromatic heterocycles. The van der Waals surface area contributed by atoms with E-state index in [1.165, 1.54) is 5.41 Å². The molecule has 2 N–H and O–H groups in total. The van der Waals surface area contributed by atoms with Crippen LogP contribution in [0, 0.1) is 0 Å². The molecule has 17 heavy (non-hydrogen) atoms. The van der Waals surface area contributed by atoms with Crippen molar-refractivity contribution in [3.8, 4) is 0 Å². The monoisotopic (exact) mass is 252 g/mol. The zero-order valence-electron chi connectivity index (χ0n) is 9.46. The highest BCUT2D eigenvalue weighted by Crippen LogP contribution is 2.05. The third-order valence-corrected chi connectivity index (χ3v) is 3.79. The van der Waals surface area contributed by atoms with E-state index in [0.717, 1.165) is 18.5 Å². The van der Waals surface area contributed by atoms with Gasteiger partial charge in [0.1, 0.15) is 0 Å². The molecular formula is C12H16N2O2S. The van der Waals surface area contributed by atoms with Gasteiger partial charge in [-0.25, -0.2) is 13.1 Å². The van der Waals surface area contributed by atoms with E-state index in [-0.39, 0.29) is 6.04 Å². The van der Waals surface area contributed by atoms with Crippen molar-refractivity contribution < 1.29 is 8.42 Å². The third kappa shape index (κ3) is 3.96. The molecule has 0 aliphatic carbocycles. The maximum atomic E-state index is 11.7. The van der Waals surface area contributed by atoms with Crippen LogP contribution in [0.2, 0.25) is 0 Å². The number of benzene rings is 1. The molecule has 1 aliphatic heterocycles. The van der Waals surface area contributed by atoms with E-state index in [0.29, 0.717) is 6.54 Å². The van der Waals surface area contributed by atoms with Crippen LogP contribution >= 0.6 is 0 Å². The van der Waals surface area contributed by atoms with Crippen LogP contribution in [0.5, 0.6) is 0 Å². The van der Waals surface area contributed by atoms with Gasteiger partial charge in [-0.2, -0.15) is 0 Å². The van der Waals surface area contributed by atoms with E-state index >= 15 is 0 Å². The van der Waals surface area contributed by atoms with Gasteiger partial charge in [0, 0.05) is 18.0 Å². The van der Waals surface area contributed by atoms with Crippen molar-refractivity contribution >= 4 is 16.1 Å². The summed E-state index contributed by atoms with van der Waals surface area (Å²) in [6, 6.07) is 9.39. The Morgan fingerprint density at radius 3 is 2.71 bits per heavy atom. The Hall–Kier alpha value is -1.17. The highest BCUT2D eigenvalue weighted by molar-refractivity contribution is 7.92. The molecule has 1 unspecified atom stereocenters. The normalized spacial score (nSPS) is 21.1. The molecule has 4 nitrogen and oxygen atoms in total. The summed E-state index contributed by atoms with van der Waals surface area (Å²) in [7, 11) is -3.33. The van der Waals surface area contributed by atoms with Gasteiger partial charge in [0.25, 0.3) is 0 Å². The molecule has 0 spiro atoms. The zero-order valence-corrected chi connectivity index (χ0v) is 10.3. The van der Waals surface area contributed by atoms with E-state index in [2.05, 4.69) is 10.0 Å². The van der Waals surface area contributed by atoms with E-state index in [1.54, 1.807) is 6.08 Å². The van der Waals surface area contributed by atoms with Gasteiger partial charge in [0.15, 0.2) is 0 Å². The molecular weight excluding hydrogens is 236 g/mol. The highest BCUT2D eigenvalue weighted by atomic mass is 32.2. The van der Waals surface area contributed by atoms with Crippen LogP contribution in [0.15, 0.2) is 35.7 Å². The minimum atomic E-state index is -3.33. The van der Waals surface area contributed by atoms with Crippen molar-refractivity contribution in [3.63, 3.8) is 0 Å². The Labute approximate surface area is 102 Å². The average molecular weight is 252 g/mol. The fourth-order valence-electron chi connectivity index (χ4n) is 1.76. The van der Waals surface area contributed by atoms with Crippen LogP contribution in [0.25, 0.3) is 6.08 Å². The third-order valence-electron chi connectivity index (χ3n) is 2.63. The number of nitrogens with one attached hydrogen (secondary N) is 2. The van der Waals surface area contributed by atoms with Crippen LogP contribution in [0.3, 0.4) is 0 Å². The maximum absolute atomic E-state index is 11.7. The fraction of sp³-hybridized carbons (Fsp3) is 0.333. The molecule has 1 fully saturated rings. The lowest BCUT2D eigenvalue weighted by atomic mass is 10.2. The SMILES string of the molecule is O=S(=O)(C=Cc1ccccc1)NC1CCNC1. The first-order valence-corrected chi connectivity index (χ1v) is 7.16. The van der Waals surface area contributed by atoms with Crippen molar-refractivity contribution in [3.05, 3.63) is 41.3 Å². The van der Waals surface area contributed by atoms with Gasteiger partial charge in [0.2, 0.25) is 10.0 Å². The van der Waals surface area contributed by atoms with Crippen molar-refractivity contribution in [2.24, 2.45) is 0 Å². The van der Waals surface area contributed by atoms with Gasteiger partial charge >= 0.3 is 0 Å². The van der Waals surface area contributed by atoms with Gasteiger partial charge in [-0.1, -0.05) is 30.3 Å². The molecule has 1 aromatic carbocycles. The minimum Gasteiger partial charge on any atom is -0.315 e. The Kier molecular flexibility index (Phi) is 3.93. The minimum absolute atomic E-state index is 0.0143.